The minimum Gasteiger partial charge on any atom is -0.336 e. The molecule has 6 heteroatoms. The monoisotopic (exact) mass is 448 g/mol. The van der Waals surface area contributed by atoms with Crippen molar-refractivity contribution in [3.63, 3.8) is 0 Å². The van der Waals surface area contributed by atoms with Crippen LogP contribution in [0.5, 0.6) is 0 Å². The second kappa shape index (κ2) is 8.88. The van der Waals surface area contributed by atoms with Crippen molar-refractivity contribution in [2.75, 3.05) is 5.75 Å². The maximum atomic E-state index is 13.0. The zero-order chi connectivity index (χ0) is 22.8. The van der Waals surface area contributed by atoms with Crippen LogP contribution in [-0.4, -0.2) is 31.5 Å². The van der Waals surface area contributed by atoms with E-state index < -0.39 is 26.8 Å². The molecule has 0 spiro atoms. The Labute approximate surface area is 189 Å². The lowest BCUT2D eigenvalue weighted by molar-refractivity contribution is -0.130. The van der Waals surface area contributed by atoms with Crippen molar-refractivity contribution in [3.8, 4) is 0 Å². The fourth-order valence-corrected chi connectivity index (χ4v) is 6.45. The van der Waals surface area contributed by atoms with Crippen LogP contribution in [0.4, 0.5) is 0 Å². The van der Waals surface area contributed by atoms with Crippen molar-refractivity contribution < 1.29 is 13.2 Å². The quantitative estimate of drug-likeness (QED) is 0.409. The Kier molecular flexibility index (Phi) is 6.17. The summed E-state index contributed by atoms with van der Waals surface area (Å²) in [6.07, 6.45) is 0. The van der Waals surface area contributed by atoms with E-state index >= 15 is 0 Å². The Hall–Kier alpha value is -2.96. The van der Waals surface area contributed by atoms with Gasteiger partial charge >= 0.3 is 0 Å². The van der Waals surface area contributed by atoms with Gasteiger partial charge in [0.25, 0.3) is 0 Å². The third-order valence-corrected chi connectivity index (χ3v) is 8.11. The average molecular weight is 449 g/mol. The molecule has 2 N–H and O–H groups in total. The number of hydrogen-bond acceptors (Lipinski definition) is 4. The molecule has 166 valence electrons. The van der Waals surface area contributed by atoms with Gasteiger partial charge in [0.05, 0.1) is 11.3 Å². The van der Waals surface area contributed by atoms with E-state index in [0.717, 1.165) is 16.7 Å². The molecule has 3 aromatic rings. The van der Waals surface area contributed by atoms with Crippen LogP contribution in [0, 0.1) is 5.92 Å². The summed E-state index contributed by atoms with van der Waals surface area (Å²) in [5, 5.41) is 5.17. The molecule has 0 radical (unpaired) electrons. The van der Waals surface area contributed by atoms with E-state index in [9.17, 15) is 13.2 Å². The van der Waals surface area contributed by atoms with Crippen LogP contribution in [0.25, 0.3) is 0 Å². The first-order chi connectivity index (χ1) is 15.3. The highest BCUT2D eigenvalue weighted by Gasteiger charge is 2.52. The van der Waals surface area contributed by atoms with Crippen molar-refractivity contribution in [3.05, 3.63) is 108 Å². The summed E-state index contributed by atoms with van der Waals surface area (Å²) >= 11 is 0. The molecule has 1 aliphatic heterocycles. The molecule has 5 nitrogen and oxygen atoms in total. The standard InChI is InChI=1S/C26H28N2O3S/c1-19(2)18-32(30,31)25-23(24(29)27-25)28-26(20-12-6-3-7-13-20,21-14-8-4-9-15-21)22-16-10-5-11-17-22/h3-17,19,23,25,28H,18H2,1-2H3,(H,27,29)/t23-,25-/m1/s1. The Morgan fingerprint density at radius 3 is 1.56 bits per heavy atom. The van der Waals surface area contributed by atoms with Crippen LogP contribution in [-0.2, 0) is 20.2 Å². The summed E-state index contributed by atoms with van der Waals surface area (Å²) in [5.74, 6) is -0.319. The molecule has 1 amide bonds. The average Bonchev–Trinajstić information content (AvgIpc) is 2.79. The Balaban J connectivity index is 1.88. The highest BCUT2D eigenvalue weighted by atomic mass is 32.2. The molecule has 0 saturated carbocycles. The molecular formula is C26H28N2O3S. The molecule has 1 aliphatic rings. The Bertz CT molecular complexity index is 1070. The Morgan fingerprint density at radius 2 is 1.22 bits per heavy atom. The molecular weight excluding hydrogens is 420 g/mol. The number of nitrogens with one attached hydrogen (secondary N) is 2. The minimum absolute atomic E-state index is 0.0190. The number of carbonyl (C=O) groups excluding carboxylic acids is 1. The van der Waals surface area contributed by atoms with E-state index in [4.69, 9.17) is 0 Å². The fraction of sp³-hybridized carbons (Fsp3) is 0.269. The van der Waals surface area contributed by atoms with Gasteiger partial charge < -0.3 is 5.32 Å². The predicted molar refractivity (Wildman–Crippen MR) is 127 cm³/mol. The lowest BCUT2D eigenvalue weighted by Crippen LogP contribution is -2.74. The van der Waals surface area contributed by atoms with Gasteiger partial charge in [-0.05, 0) is 22.6 Å². The summed E-state index contributed by atoms with van der Waals surface area (Å²) in [5.41, 5.74) is 1.88. The van der Waals surface area contributed by atoms with E-state index in [1.54, 1.807) is 0 Å². The van der Waals surface area contributed by atoms with Gasteiger partial charge in [-0.2, -0.15) is 0 Å². The van der Waals surface area contributed by atoms with Gasteiger partial charge in [-0.3, -0.25) is 10.1 Å². The van der Waals surface area contributed by atoms with Gasteiger partial charge in [-0.1, -0.05) is 105 Å². The van der Waals surface area contributed by atoms with E-state index in [2.05, 4.69) is 10.6 Å². The van der Waals surface area contributed by atoms with Gasteiger partial charge in [-0.25, -0.2) is 8.42 Å². The summed E-state index contributed by atoms with van der Waals surface area (Å²) in [4.78, 5) is 12.7. The topological polar surface area (TPSA) is 75.3 Å². The van der Waals surface area contributed by atoms with Crippen molar-refractivity contribution in [1.29, 1.82) is 0 Å². The van der Waals surface area contributed by atoms with Crippen LogP contribution >= 0.6 is 0 Å². The Morgan fingerprint density at radius 1 is 0.812 bits per heavy atom. The van der Waals surface area contributed by atoms with Gasteiger partial charge in [0, 0.05) is 0 Å². The van der Waals surface area contributed by atoms with Crippen molar-refractivity contribution in [1.82, 2.24) is 10.6 Å². The van der Waals surface area contributed by atoms with Crippen molar-refractivity contribution in [2.24, 2.45) is 5.92 Å². The molecule has 0 bridgehead atoms. The number of β-lactam (4-membered cyclic amide) rings is 1. The van der Waals surface area contributed by atoms with Crippen LogP contribution in [0.15, 0.2) is 91.0 Å². The minimum atomic E-state index is -3.52. The SMILES string of the molecule is CC(C)CS(=O)(=O)[C@H]1NC(=O)[C@H]1NC(c1ccccc1)(c1ccccc1)c1ccccc1. The smallest absolute Gasteiger partial charge is 0.241 e. The normalized spacial score (nSPS) is 18.8. The molecule has 2 atom stereocenters. The molecule has 1 saturated heterocycles. The first-order valence-corrected chi connectivity index (χ1v) is 12.5. The number of carbonyl (C=O) groups is 1. The zero-order valence-corrected chi connectivity index (χ0v) is 19.0. The summed E-state index contributed by atoms with van der Waals surface area (Å²) in [7, 11) is -3.52. The molecule has 4 rings (SSSR count). The highest BCUT2D eigenvalue weighted by molar-refractivity contribution is 7.92. The molecule has 1 fully saturated rings. The first kappa shape index (κ1) is 22.2. The van der Waals surface area contributed by atoms with Gasteiger partial charge in [0.15, 0.2) is 15.2 Å². The van der Waals surface area contributed by atoms with Crippen LogP contribution in [0.3, 0.4) is 0 Å². The summed E-state index contributed by atoms with van der Waals surface area (Å²) < 4.78 is 26.0. The summed E-state index contributed by atoms with van der Waals surface area (Å²) in [6.45, 7) is 3.73. The summed E-state index contributed by atoms with van der Waals surface area (Å²) in [6, 6.07) is 28.7. The maximum absolute atomic E-state index is 13.0. The molecule has 0 unspecified atom stereocenters. The first-order valence-electron chi connectivity index (χ1n) is 10.8. The maximum Gasteiger partial charge on any atom is 0.241 e. The number of rotatable bonds is 8. The second-order valence-electron chi connectivity index (χ2n) is 8.62. The second-order valence-corrected chi connectivity index (χ2v) is 10.8. The fourth-order valence-electron chi connectivity index (χ4n) is 4.41. The molecule has 0 aliphatic carbocycles. The van der Waals surface area contributed by atoms with Crippen LogP contribution in [0.1, 0.15) is 30.5 Å². The van der Waals surface area contributed by atoms with Crippen LogP contribution in [0.2, 0.25) is 0 Å². The van der Waals surface area contributed by atoms with E-state index in [1.165, 1.54) is 0 Å². The molecule has 0 aromatic heterocycles. The number of hydrogen-bond donors (Lipinski definition) is 2. The zero-order valence-electron chi connectivity index (χ0n) is 18.2. The molecule has 1 heterocycles. The third kappa shape index (κ3) is 4.08. The van der Waals surface area contributed by atoms with Gasteiger partial charge in [0.1, 0.15) is 6.04 Å². The lowest BCUT2D eigenvalue weighted by atomic mass is 9.76. The van der Waals surface area contributed by atoms with E-state index in [0.29, 0.717) is 0 Å². The highest BCUT2D eigenvalue weighted by Crippen LogP contribution is 2.38. The number of benzene rings is 3. The largest absolute Gasteiger partial charge is 0.336 e. The molecule has 32 heavy (non-hydrogen) atoms. The predicted octanol–water partition coefficient (Wildman–Crippen LogP) is 3.46. The third-order valence-electron chi connectivity index (χ3n) is 5.81. The van der Waals surface area contributed by atoms with E-state index in [-0.39, 0.29) is 17.6 Å². The van der Waals surface area contributed by atoms with Gasteiger partial charge in [-0.15, -0.1) is 0 Å². The van der Waals surface area contributed by atoms with Crippen molar-refractivity contribution >= 4 is 15.7 Å². The van der Waals surface area contributed by atoms with E-state index in [1.807, 2.05) is 105 Å². The number of sulfone groups is 1. The lowest BCUT2D eigenvalue weighted by Gasteiger charge is -2.45. The van der Waals surface area contributed by atoms with Crippen molar-refractivity contribution in [2.45, 2.75) is 30.8 Å². The molecule has 3 aromatic carbocycles. The van der Waals surface area contributed by atoms with Gasteiger partial charge in [0.2, 0.25) is 5.91 Å². The van der Waals surface area contributed by atoms with Crippen LogP contribution < -0.4 is 10.6 Å². The number of amides is 1.